The van der Waals surface area contributed by atoms with E-state index in [0.29, 0.717) is 25.0 Å². The third-order valence-corrected chi connectivity index (χ3v) is 4.56. The minimum absolute atomic E-state index is 0.0843. The van der Waals surface area contributed by atoms with Crippen LogP contribution >= 0.6 is 0 Å². The second kappa shape index (κ2) is 6.10. The molecule has 0 aromatic heterocycles. The van der Waals surface area contributed by atoms with Crippen LogP contribution in [0.5, 0.6) is 0 Å². The lowest BCUT2D eigenvalue weighted by Crippen LogP contribution is -2.45. The molecule has 0 saturated heterocycles. The number of nitrogens with zero attached hydrogens (tertiary/aromatic N) is 2. The first-order chi connectivity index (χ1) is 9.75. The van der Waals surface area contributed by atoms with E-state index in [4.69, 9.17) is 20.9 Å². The van der Waals surface area contributed by atoms with Gasteiger partial charge in [0.25, 0.3) is 0 Å². The van der Waals surface area contributed by atoms with Gasteiger partial charge in [0.15, 0.2) is 0 Å². The molecule has 112 valence electrons. The third-order valence-electron chi connectivity index (χ3n) is 4.56. The molecule has 0 radical (unpaired) electrons. The molecule has 2 heterocycles. The van der Waals surface area contributed by atoms with Gasteiger partial charge in [0, 0.05) is 0 Å². The van der Waals surface area contributed by atoms with Crippen molar-refractivity contribution in [2.75, 3.05) is 26.3 Å². The Kier molecular flexibility index (Phi) is 4.21. The zero-order valence-electron chi connectivity index (χ0n) is 11.8. The molecule has 0 spiro atoms. The SMILES string of the molecule is NC(C1=NCCO1)C1CCCC(C(N)C2=NCCO2)C1. The van der Waals surface area contributed by atoms with Gasteiger partial charge in [-0.05, 0) is 31.1 Å². The van der Waals surface area contributed by atoms with Crippen molar-refractivity contribution in [2.45, 2.75) is 37.8 Å². The van der Waals surface area contributed by atoms with Crippen molar-refractivity contribution < 1.29 is 9.47 Å². The maximum atomic E-state index is 6.31. The maximum Gasteiger partial charge on any atom is 0.201 e. The van der Waals surface area contributed by atoms with E-state index in [1.165, 1.54) is 0 Å². The Morgan fingerprint density at radius 2 is 1.40 bits per heavy atom. The quantitative estimate of drug-likeness (QED) is 0.774. The summed E-state index contributed by atoms with van der Waals surface area (Å²) in [4.78, 5) is 8.70. The molecule has 0 aromatic rings. The van der Waals surface area contributed by atoms with Gasteiger partial charge in [-0.15, -0.1) is 0 Å². The molecule has 0 bridgehead atoms. The van der Waals surface area contributed by atoms with Crippen LogP contribution in [0.3, 0.4) is 0 Å². The smallest absolute Gasteiger partial charge is 0.201 e. The number of aliphatic imine (C=N–C) groups is 2. The summed E-state index contributed by atoms with van der Waals surface area (Å²) in [6, 6.07) is -0.169. The molecule has 0 aromatic carbocycles. The van der Waals surface area contributed by atoms with Crippen LogP contribution in [0.4, 0.5) is 0 Å². The van der Waals surface area contributed by atoms with E-state index in [2.05, 4.69) is 9.98 Å². The number of rotatable bonds is 4. The van der Waals surface area contributed by atoms with Crippen LogP contribution in [0.2, 0.25) is 0 Å². The summed E-state index contributed by atoms with van der Waals surface area (Å²) in [6.45, 7) is 2.82. The summed E-state index contributed by atoms with van der Waals surface area (Å²) in [5, 5.41) is 0. The molecule has 1 aliphatic carbocycles. The van der Waals surface area contributed by atoms with Gasteiger partial charge in [-0.25, -0.2) is 0 Å². The number of hydrogen-bond acceptors (Lipinski definition) is 6. The lowest BCUT2D eigenvalue weighted by Gasteiger charge is -2.34. The molecule has 6 heteroatoms. The molecular weight excluding hydrogens is 256 g/mol. The molecule has 1 fully saturated rings. The van der Waals surface area contributed by atoms with Gasteiger partial charge < -0.3 is 20.9 Å². The van der Waals surface area contributed by atoms with E-state index < -0.39 is 0 Å². The summed E-state index contributed by atoms with van der Waals surface area (Å²) in [7, 11) is 0. The van der Waals surface area contributed by atoms with Crippen molar-refractivity contribution in [2.24, 2.45) is 33.3 Å². The highest BCUT2D eigenvalue weighted by atomic mass is 16.5. The van der Waals surface area contributed by atoms with Crippen molar-refractivity contribution in [3.05, 3.63) is 0 Å². The Balaban J connectivity index is 1.61. The Hall–Kier alpha value is -1.14. The zero-order chi connectivity index (χ0) is 13.9. The summed E-state index contributed by atoms with van der Waals surface area (Å²) >= 11 is 0. The largest absolute Gasteiger partial charge is 0.478 e. The predicted octanol–water partition coefficient (Wildman–Crippen LogP) is 0.305. The molecule has 4 unspecified atom stereocenters. The standard InChI is InChI=1S/C14H24N4O2/c15-11(13-17-4-6-19-13)9-2-1-3-10(8-9)12(16)14-18-5-7-20-14/h9-12H,1-8,15-16H2. The molecule has 4 atom stereocenters. The molecular formula is C14H24N4O2. The molecule has 1 saturated carbocycles. The van der Waals surface area contributed by atoms with E-state index in [1.807, 2.05) is 0 Å². The monoisotopic (exact) mass is 280 g/mol. The summed E-state index contributed by atoms with van der Waals surface area (Å²) in [5.74, 6) is 2.27. The van der Waals surface area contributed by atoms with Crippen LogP contribution < -0.4 is 11.5 Å². The predicted molar refractivity (Wildman–Crippen MR) is 77.9 cm³/mol. The van der Waals surface area contributed by atoms with Crippen molar-refractivity contribution in [1.29, 1.82) is 0 Å². The van der Waals surface area contributed by atoms with Crippen molar-refractivity contribution >= 4 is 11.8 Å². The van der Waals surface area contributed by atoms with Gasteiger partial charge in [-0.1, -0.05) is 6.42 Å². The van der Waals surface area contributed by atoms with Crippen LogP contribution in [0.15, 0.2) is 9.98 Å². The van der Waals surface area contributed by atoms with Gasteiger partial charge in [0.2, 0.25) is 11.8 Å². The fourth-order valence-corrected chi connectivity index (χ4v) is 3.43. The van der Waals surface area contributed by atoms with E-state index in [9.17, 15) is 0 Å². The number of nitrogens with two attached hydrogens (primary N) is 2. The van der Waals surface area contributed by atoms with Crippen molar-refractivity contribution in [3.8, 4) is 0 Å². The summed E-state index contributed by atoms with van der Waals surface area (Å²) in [5.41, 5.74) is 12.6. The van der Waals surface area contributed by atoms with Crippen molar-refractivity contribution in [3.63, 3.8) is 0 Å². The molecule has 6 nitrogen and oxygen atoms in total. The van der Waals surface area contributed by atoms with Crippen LogP contribution in [0, 0.1) is 11.8 Å². The number of hydrogen-bond donors (Lipinski definition) is 2. The van der Waals surface area contributed by atoms with Crippen LogP contribution in [-0.4, -0.2) is 50.2 Å². The Morgan fingerprint density at radius 3 is 1.80 bits per heavy atom. The fourth-order valence-electron chi connectivity index (χ4n) is 3.43. The average molecular weight is 280 g/mol. The summed E-state index contributed by atoms with van der Waals surface area (Å²) < 4.78 is 11.0. The zero-order valence-corrected chi connectivity index (χ0v) is 11.8. The first-order valence-electron chi connectivity index (χ1n) is 7.61. The van der Waals surface area contributed by atoms with Crippen LogP contribution in [0.25, 0.3) is 0 Å². The van der Waals surface area contributed by atoms with Crippen molar-refractivity contribution in [1.82, 2.24) is 0 Å². The van der Waals surface area contributed by atoms with Gasteiger partial charge >= 0.3 is 0 Å². The Bertz CT molecular complexity index is 374. The fraction of sp³-hybridized carbons (Fsp3) is 0.857. The molecule has 0 amide bonds. The highest BCUT2D eigenvalue weighted by Gasteiger charge is 2.35. The topological polar surface area (TPSA) is 95.2 Å². The normalized spacial score (nSPS) is 32.9. The van der Waals surface area contributed by atoms with Gasteiger partial charge in [-0.2, -0.15) is 0 Å². The highest BCUT2D eigenvalue weighted by molar-refractivity contribution is 5.84. The highest BCUT2D eigenvalue weighted by Crippen LogP contribution is 2.33. The van der Waals surface area contributed by atoms with Gasteiger partial charge in [0.05, 0.1) is 25.2 Å². The summed E-state index contributed by atoms with van der Waals surface area (Å²) in [6.07, 6.45) is 4.41. The molecule has 3 aliphatic rings. The molecule has 4 N–H and O–H groups in total. The average Bonchev–Trinajstić information content (AvgIpc) is 3.18. The second-order valence-corrected chi connectivity index (χ2v) is 5.88. The Morgan fingerprint density at radius 1 is 0.900 bits per heavy atom. The third kappa shape index (κ3) is 2.81. The first-order valence-corrected chi connectivity index (χ1v) is 7.61. The van der Waals surface area contributed by atoms with E-state index in [1.54, 1.807) is 0 Å². The van der Waals surface area contributed by atoms with Crippen LogP contribution in [0.1, 0.15) is 25.7 Å². The molecule has 2 aliphatic heterocycles. The minimum Gasteiger partial charge on any atom is -0.478 e. The molecule has 3 rings (SSSR count). The lowest BCUT2D eigenvalue weighted by atomic mass is 9.75. The van der Waals surface area contributed by atoms with Crippen LogP contribution in [-0.2, 0) is 9.47 Å². The lowest BCUT2D eigenvalue weighted by molar-refractivity contribution is 0.218. The Labute approximate surface area is 119 Å². The second-order valence-electron chi connectivity index (χ2n) is 5.88. The maximum absolute atomic E-state index is 6.31. The van der Waals surface area contributed by atoms with Gasteiger partial charge in [0.1, 0.15) is 13.2 Å². The number of ether oxygens (including phenoxy) is 2. The van der Waals surface area contributed by atoms with E-state index >= 15 is 0 Å². The minimum atomic E-state index is -0.0843. The van der Waals surface area contributed by atoms with Gasteiger partial charge in [-0.3, -0.25) is 9.98 Å². The molecule has 20 heavy (non-hydrogen) atoms. The first kappa shape index (κ1) is 13.8. The van der Waals surface area contributed by atoms with E-state index in [-0.39, 0.29) is 12.1 Å². The van der Waals surface area contributed by atoms with E-state index in [0.717, 1.165) is 50.6 Å².